The summed E-state index contributed by atoms with van der Waals surface area (Å²) in [6.07, 6.45) is 1.54. The predicted octanol–water partition coefficient (Wildman–Crippen LogP) is 3.44. The maximum atomic E-state index is 11.8. The molecular weight excluding hydrogens is 495 g/mol. The van der Waals surface area contributed by atoms with Crippen molar-refractivity contribution >= 4 is 51.8 Å². The van der Waals surface area contributed by atoms with Gasteiger partial charge in [0.2, 0.25) is 5.91 Å². The molecule has 2 N–H and O–H groups in total. The monoisotopic (exact) mass is 522 g/mol. The highest BCUT2D eigenvalue weighted by molar-refractivity contribution is 14.0. The minimum absolute atomic E-state index is 0. The molecule has 1 amide bonds. The van der Waals surface area contributed by atoms with Gasteiger partial charge in [-0.05, 0) is 43.5 Å². The summed E-state index contributed by atoms with van der Waals surface area (Å²) in [5, 5.41) is 6.76. The maximum Gasteiger partial charge on any atom is 0.222 e. The van der Waals surface area contributed by atoms with Crippen molar-refractivity contribution < 1.29 is 4.79 Å². The van der Waals surface area contributed by atoms with Gasteiger partial charge in [0.15, 0.2) is 5.96 Å². The van der Waals surface area contributed by atoms with E-state index in [-0.39, 0.29) is 35.9 Å². The largest absolute Gasteiger partial charge is 0.357 e. The first-order chi connectivity index (χ1) is 11.5. The lowest BCUT2D eigenvalue weighted by atomic mass is 10.1. The second-order valence-corrected chi connectivity index (χ2v) is 7.00. The van der Waals surface area contributed by atoms with Crippen LogP contribution in [0, 0.1) is 6.92 Å². The maximum absolute atomic E-state index is 11.8. The molecule has 140 valence electrons. The molecule has 0 spiro atoms. The molecule has 1 aromatic rings. The number of rotatable bonds is 5. The van der Waals surface area contributed by atoms with Crippen molar-refractivity contribution in [3.63, 3.8) is 0 Å². The smallest absolute Gasteiger partial charge is 0.222 e. The van der Waals surface area contributed by atoms with E-state index in [0.29, 0.717) is 13.0 Å². The van der Waals surface area contributed by atoms with E-state index in [1.165, 1.54) is 11.1 Å². The van der Waals surface area contributed by atoms with Crippen LogP contribution < -0.4 is 10.6 Å². The fourth-order valence-corrected chi connectivity index (χ4v) is 3.32. The number of carbonyl (C=O) groups excluding carboxylic acids is 1. The third-order valence-electron chi connectivity index (χ3n) is 4.24. The molecule has 7 heteroatoms. The summed E-state index contributed by atoms with van der Waals surface area (Å²) in [4.78, 5) is 18.4. The van der Waals surface area contributed by atoms with Crippen molar-refractivity contribution in [3.8, 4) is 0 Å². The molecule has 1 aromatic carbocycles. The van der Waals surface area contributed by atoms with Crippen LogP contribution in [0.25, 0.3) is 0 Å². The van der Waals surface area contributed by atoms with Crippen LogP contribution in [0.5, 0.6) is 0 Å². The van der Waals surface area contributed by atoms with Crippen molar-refractivity contribution in [1.29, 1.82) is 0 Å². The lowest BCUT2D eigenvalue weighted by Gasteiger charge is -2.18. The fraction of sp³-hybridized carbons (Fsp3) is 0.556. The zero-order valence-electron chi connectivity index (χ0n) is 15.1. The van der Waals surface area contributed by atoms with E-state index in [1.54, 1.807) is 0 Å². The van der Waals surface area contributed by atoms with Gasteiger partial charge in [0, 0.05) is 36.6 Å². The van der Waals surface area contributed by atoms with Crippen molar-refractivity contribution in [2.75, 3.05) is 19.6 Å². The Morgan fingerprint density at radius 1 is 1.40 bits per heavy atom. The van der Waals surface area contributed by atoms with Crippen LogP contribution in [0.4, 0.5) is 0 Å². The number of halogens is 2. The number of aryl methyl sites for hydroxylation is 1. The van der Waals surface area contributed by atoms with Crippen molar-refractivity contribution in [1.82, 2.24) is 15.5 Å². The topological polar surface area (TPSA) is 56.7 Å². The average molecular weight is 523 g/mol. The first-order valence-electron chi connectivity index (χ1n) is 8.61. The Kier molecular flexibility index (Phi) is 9.78. The molecule has 0 radical (unpaired) electrons. The number of guanidine groups is 1. The number of likely N-dealkylation sites (tertiary alicyclic amines) is 1. The van der Waals surface area contributed by atoms with E-state index in [9.17, 15) is 4.79 Å². The molecule has 1 fully saturated rings. The Bertz CT molecular complexity index is 609. The molecule has 0 aromatic heterocycles. The van der Waals surface area contributed by atoms with Crippen LogP contribution in [-0.4, -0.2) is 42.4 Å². The van der Waals surface area contributed by atoms with Gasteiger partial charge >= 0.3 is 0 Å². The van der Waals surface area contributed by atoms with Gasteiger partial charge < -0.3 is 15.5 Å². The lowest BCUT2D eigenvalue weighted by molar-refractivity contribution is -0.129. The standard InChI is InChI=1S/C18H27BrN4O.HI/c1-4-17(24)23-9-8-16(12-23)22-18(20-5-2)21-11-14-6-7-15(19)10-13(14)3;/h6-7,10,16H,4-5,8-9,11-12H2,1-3H3,(H2,20,21,22);1H. The summed E-state index contributed by atoms with van der Waals surface area (Å²) in [5.74, 6) is 1.04. The van der Waals surface area contributed by atoms with Gasteiger partial charge in [-0.3, -0.25) is 4.79 Å². The molecule has 1 aliphatic rings. The fourth-order valence-electron chi connectivity index (χ4n) is 2.84. The molecule has 1 atom stereocenters. The number of nitrogens with zero attached hydrogens (tertiary/aromatic N) is 2. The molecule has 1 heterocycles. The molecule has 1 unspecified atom stereocenters. The van der Waals surface area contributed by atoms with Crippen molar-refractivity contribution in [3.05, 3.63) is 33.8 Å². The van der Waals surface area contributed by atoms with E-state index in [2.05, 4.69) is 52.5 Å². The second-order valence-electron chi connectivity index (χ2n) is 6.09. The first-order valence-corrected chi connectivity index (χ1v) is 9.40. The third-order valence-corrected chi connectivity index (χ3v) is 4.73. The van der Waals surface area contributed by atoms with Crippen LogP contribution in [0.2, 0.25) is 0 Å². The SMILES string of the molecule is CCNC(=NCc1ccc(Br)cc1C)NC1CCN(C(=O)CC)C1.I. The summed E-state index contributed by atoms with van der Waals surface area (Å²) in [7, 11) is 0. The molecular formula is C18H28BrIN4O. The third kappa shape index (κ3) is 6.77. The number of nitrogens with one attached hydrogen (secondary N) is 2. The summed E-state index contributed by atoms with van der Waals surface area (Å²) in [5.41, 5.74) is 2.44. The van der Waals surface area contributed by atoms with Crippen LogP contribution in [0.15, 0.2) is 27.7 Å². The molecule has 25 heavy (non-hydrogen) atoms. The van der Waals surface area contributed by atoms with E-state index in [1.807, 2.05) is 17.9 Å². The van der Waals surface area contributed by atoms with Gasteiger partial charge in [0.1, 0.15) is 0 Å². The van der Waals surface area contributed by atoms with E-state index in [4.69, 9.17) is 4.99 Å². The van der Waals surface area contributed by atoms with Crippen LogP contribution in [0.3, 0.4) is 0 Å². The molecule has 5 nitrogen and oxygen atoms in total. The summed E-state index contributed by atoms with van der Waals surface area (Å²) >= 11 is 3.49. The van der Waals surface area contributed by atoms with Crippen molar-refractivity contribution in [2.24, 2.45) is 4.99 Å². The summed E-state index contributed by atoms with van der Waals surface area (Å²) in [6, 6.07) is 6.52. The van der Waals surface area contributed by atoms with Crippen molar-refractivity contribution in [2.45, 2.75) is 46.2 Å². The minimum Gasteiger partial charge on any atom is -0.357 e. The number of carbonyl (C=O) groups is 1. The summed E-state index contributed by atoms with van der Waals surface area (Å²) < 4.78 is 1.09. The highest BCUT2D eigenvalue weighted by Gasteiger charge is 2.25. The van der Waals surface area contributed by atoms with E-state index < -0.39 is 0 Å². The molecule has 1 saturated heterocycles. The number of amides is 1. The number of aliphatic imine (C=N–C) groups is 1. The van der Waals surface area contributed by atoms with Crippen LogP contribution in [-0.2, 0) is 11.3 Å². The second kappa shape index (κ2) is 11.0. The van der Waals surface area contributed by atoms with E-state index in [0.717, 1.165) is 36.5 Å². The molecule has 0 bridgehead atoms. The minimum atomic E-state index is 0. The first kappa shape index (κ1) is 22.2. The Morgan fingerprint density at radius 3 is 2.80 bits per heavy atom. The molecule has 2 rings (SSSR count). The predicted molar refractivity (Wildman–Crippen MR) is 118 cm³/mol. The Morgan fingerprint density at radius 2 is 2.16 bits per heavy atom. The molecule has 0 saturated carbocycles. The zero-order chi connectivity index (χ0) is 17.5. The normalized spacial score (nSPS) is 17.2. The Labute approximate surface area is 176 Å². The van der Waals surface area contributed by atoms with Gasteiger partial charge in [-0.2, -0.15) is 0 Å². The quantitative estimate of drug-likeness (QED) is 0.354. The number of hydrogen-bond donors (Lipinski definition) is 2. The van der Waals surface area contributed by atoms with Gasteiger partial charge in [-0.25, -0.2) is 4.99 Å². The zero-order valence-corrected chi connectivity index (χ0v) is 19.1. The number of hydrogen-bond acceptors (Lipinski definition) is 2. The average Bonchev–Trinajstić information content (AvgIpc) is 3.02. The highest BCUT2D eigenvalue weighted by atomic mass is 127. The van der Waals surface area contributed by atoms with E-state index >= 15 is 0 Å². The Hall–Kier alpha value is -0.830. The molecule has 1 aliphatic heterocycles. The summed E-state index contributed by atoms with van der Waals surface area (Å²) in [6.45, 7) is 9.11. The van der Waals surface area contributed by atoms with Crippen LogP contribution >= 0.6 is 39.9 Å². The van der Waals surface area contributed by atoms with Gasteiger partial charge in [0.25, 0.3) is 0 Å². The Balaban J connectivity index is 0.00000312. The lowest BCUT2D eigenvalue weighted by Crippen LogP contribution is -2.45. The number of benzene rings is 1. The molecule has 0 aliphatic carbocycles. The highest BCUT2D eigenvalue weighted by Crippen LogP contribution is 2.16. The van der Waals surface area contributed by atoms with Crippen LogP contribution in [0.1, 0.15) is 37.8 Å². The van der Waals surface area contributed by atoms with Gasteiger partial charge in [-0.1, -0.05) is 28.9 Å². The van der Waals surface area contributed by atoms with Gasteiger partial charge in [0.05, 0.1) is 6.54 Å². The van der Waals surface area contributed by atoms with Gasteiger partial charge in [-0.15, -0.1) is 24.0 Å².